The van der Waals surface area contributed by atoms with Gasteiger partial charge in [0.15, 0.2) is 0 Å². The highest BCUT2D eigenvalue weighted by molar-refractivity contribution is 9.10. The molecule has 4 heteroatoms. The number of halogens is 1. The molecule has 1 aliphatic carbocycles. The molecule has 1 aromatic rings. The summed E-state index contributed by atoms with van der Waals surface area (Å²) in [7, 11) is 0. The summed E-state index contributed by atoms with van der Waals surface area (Å²) in [5.41, 5.74) is 1.45. The van der Waals surface area contributed by atoms with Gasteiger partial charge in [-0.25, -0.2) is 0 Å². The molecule has 0 spiro atoms. The number of hydrogen-bond acceptors (Lipinski definition) is 2. The summed E-state index contributed by atoms with van der Waals surface area (Å²) in [6.45, 7) is 2.08. The quantitative estimate of drug-likeness (QED) is 0.924. The first-order chi connectivity index (χ1) is 9.15. The van der Waals surface area contributed by atoms with Crippen LogP contribution >= 0.6 is 15.9 Å². The van der Waals surface area contributed by atoms with Crippen molar-refractivity contribution in [3.05, 3.63) is 28.2 Å². The Hall–Kier alpha value is -1.03. The van der Waals surface area contributed by atoms with Gasteiger partial charge in [0.05, 0.1) is 5.41 Å². The minimum Gasteiger partial charge on any atom is -0.481 e. The molecule has 2 fully saturated rings. The first-order valence-electron chi connectivity index (χ1n) is 6.92. The Morgan fingerprint density at radius 2 is 1.89 bits per heavy atom. The van der Waals surface area contributed by atoms with E-state index >= 15 is 0 Å². The Bertz CT molecular complexity index is 505. The largest absolute Gasteiger partial charge is 0.481 e. The van der Waals surface area contributed by atoms with E-state index in [0.29, 0.717) is 0 Å². The number of aliphatic carboxylic acids is 1. The zero-order valence-electron chi connectivity index (χ0n) is 10.9. The van der Waals surface area contributed by atoms with Crippen LogP contribution in [-0.4, -0.2) is 24.2 Å². The highest BCUT2D eigenvalue weighted by Crippen LogP contribution is 2.50. The van der Waals surface area contributed by atoms with Gasteiger partial charge in [-0.05, 0) is 37.8 Å². The molecule has 0 amide bonds. The average Bonchev–Trinajstić information content (AvgIpc) is 2.82. The lowest BCUT2D eigenvalue weighted by Crippen LogP contribution is -2.43. The molecule has 1 saturated carbocycles. The Morgan fingerprint density at radius 1 is 1.21 bits per heavy atom. The second-order valence-corrected chi connectivity index (χ2v) is 6.42. The number of benzene rings is 1. The number of anilines is 1. The molecule has 0 radical (unpaired) electrons. The predicted octanol–water partition coefficient (Wildman–Crippen LogP) is 3.56. The molecule has 3 rings (SSSR count). The van der Waals surface area contributed by atoms with Gasteiger partial charge in [0, 0.05) is 28.8 Å². The third-order valence-electron chi connectivity index (χ3n) is 4.53. The predicted molar refractivity (Wildman–Crippen MR) is 78.8 cm³/mol. The second kappa shape index (κ2) is 4.82. The van der Waals surface area contributed by atoms with Gasteiger partial charge in [0.1, 0.15) is 0 Å². The first-order valence-corrected chi connectivity index (χ1v) is 7.72. The first kappa shape index (κ1) is 13.0. The maximum Gasteiger partial charge on any atom is 0.314 e. The van der Waals surface area contributed by atoms with E-state index < -0.39 is 11.4 Å². The summed E-state index contributed by atoms with van der Waals surface area (Å²) < 4.78 is 0.944. The molecular weight excluding hydrogens is 306 g/mol. The van der Waals surface area contributed by atoms with Crippen LogP contribution in [0, 0.1) is 0 Å². The maximum atomic E-state index is 11.8. The van der Waals surface area contributed by atoms with E-state index in [1.165, 1.54) is 12.8 Å². The van der Waals surface area contributed by atoms with Crippen molar-refractivity contribution in [3.8, 4) is 0 Å². The van der Waals surface area contributed by atoms with Gasteiger partial charge < -0.3 is 10.0 Å². The van der Waals surface area contributed by atoms with Crippen molar-refractivity contribution in [1.29, 1.82) is 0 Å². The molecule has 0 bridgehead atoms. The lowest BCUT2D eigenvalue weighted by molar-refractivity contribution is -0.147. The third kappa shape index (κ3) is 1.97. The van der Waals surface area contributed by atoms with E-state index in [0.717, 1.165) is 48.1 Å². The van der Waals surface area contributed by atoms with Gasteiger partial charge in [-0.15, -0.1) is 0 Å². The topological polar surface area (TPSA) is 40.5 Å². The fourth-order valence-corrected chi connectivity index (χ4v) is 4.04. The average molecular weight is 324 g/mol. The molecule has 1 aliphatic heterocycles. The molecule has 2 aliphatic rings. The molecular formula is C15H18BrNO2. The molecule has 1 saturated heterocycles. The van der Waals surface area contributed by atoms with Gasteiger partial charge in [-0.3, -0.25) is 4.79 Å². The standard InChI is InChI=1S/C15H18BrNO2/c16-11-5-3-6-12(17-9-1-2-10-17)13(11)15(14(18)19)7-4-8-15/h3,5-6H,1-2,4,7-10H2,(H,18,19). The molecule has 3 nitrogen and oxygen atoms in total. The van der Waals surface area contributed by atoms with E-state index in [9.17, 15) is 9.90 Å². The number of carboxylic acids is 1. The minimum absolute atomic E-state index is 0.669. The monoisotopic (exact) mass is 323 g/mol. The third-order valence-corrected chi connectivity index (χ3v) is 5.19. The maximum absolute atomic E-state index is 11.8. The number of carbonyl (C=O) groups is 1. The van der Waals surface area contributed by atoms with Gasteiger partial charge in [-0.1, -0.05) is 28.4 Å². The van der Waals surface area contributed by atoms with E-state index in [2.05, 4.69) is 26.9 Å². The Morgan fingerprint density at radius 3 is 2.42 bits per heavy atom. The van der Waals surface area contributed by atoms with Crippen molar-refractivity contribution in [2.24, 2.45) is 0 Å². The van der Waals surface area contributed by atoms with E-state index in [1.807, 2.05) is 12.1 Å². The van der Waals surface area contributed by atoms with Gasteiger partial charge >= 0.3 is 5.97 Å². The molecule has 0 aromatic heterocycles. The zero-order chi connectivity index (χ0) is 13.5. The normalized spacial score (nSPS) is 21.2. The summed E-state index contributed by atoms with van der Waals surface area (Å²) in [5, 5.41) is 9.69. The van der Waals surface area contributed by atoms with E-state index in [4.69, 9.17) is 0 Å². The number of carboxylic acid groups (broad SMARTS) is 1. The van der Waals surface area contributed by atoms with Crippen LogP contribution < -0.4 is 4.90 Å². The van der Waals surface area contributed by atoms with E-state index in [1.54, 1.807) is 0 Å². The fourth-order valence-electron chi connectivity index (χ4n) is 3.31. The summed E-state index contributed by atoms with van der Waals surface area (Å²) >= 11 is 3.58. The lowest BCUT2D eigenvalue weighted by Gasteiger charge is -2.41. The van der Waals surface area contributed by atoms with Crippen LogP contribution in [0.2, 0.25) is 0 Å². The van der Waals surface area contributed by atoms with Crippen molar-refractivity contribution in [1.82, 2.24) is 0 Å². The van der Waals surface area contributed by atoms with Crippen LogP contribution in [0.25, 0.3) is 0 Å². The van der Waals surface area contributed by atoms with Gasteiger partial charge in [0.2, 0.25) is 0 Å². The molecule has 1 aromatic carbocycles. The summed E-state index contributed by atoms with van der Waals surface area (Å²) in [6.07, 6.45) is 4.92. The molecule has 0 atom stereocenters. The van der Waals surface area contributed by atoms with Crippen LogP contribution in [0.3, 0.4) is 0 Å². The highest BCUT2D eigenvalue weighted by atomic mass is 79.9. The Kier molecular flexibility index (Phi) is 3.29. The number of hydrogen-bond donors (Lipinski definition) is 1. The second-order valence-electron chi connectivity index (χ2n) is 5.57. The van der Waals surface area contributed by atoms with Crippen molar-refractivity contribution < 1.29 is 9.90 Å². The van der Waals surface area contributed by atoms with Crippen molar-refractivity contribution in [2.45, 2.75) is 37.5 Å². The SMILES string of the molecule is O=C(O)C1(c2c(Br)cccc2N2CCCC2)CCC1. The van der Waals surface area contributed by atoms with E-state index in [-0.39, 0.29) is 0 Å². The number of rotatable bonds is 3. The molecule has 1 heterocycles. The van der Waals surface area contributed by atoms with Crippen LogP contribution in [-0.2, 0) is 10.2 Å². The summed E-state index contributed by atoms with van der Waals surface area (Å²) in [6, 6.07) is 6.06. The highest BCUT2D eigenvalue weighted by Gasteiger charge is 2.48. The molecule has 0 unspecified atom stereocenters. The minimum atomic E-state index is -0.675. The molecule has 102 valence electrons. The lowest BCUT2D eigenvalue weighted by atomic mass is 9.64. The van der Waals surface area contributed by atoms with Crippen LogP contribution in [0.1, 0.15) is 37.7 Å². The van der Waals surface area contributed by atoms with Crippen LogP contribution in [0.15, 0.2) is 22.7 Å². The van der Waals surface area contributed by atoms with Crippen molar-refractivity contribution >= 4 is 27.6 Å². The Labute approximate surface area is 121 Å². The summed E-state index contributed by atoms with van der Waals surface area (Å²) in [4.78, 5) is 14.1. The van der Waals surface area contributed by atoms with Crippen LogP contribution in [0.5, 0.6) is 0 Å². The number of nitrogens with zero attached hydrogens (tertiary/aromatic N) is 1. The zero-order valence-corrected chi connectivity index (χ0v) is 12.4. The van der Waals surface area contributed by atoms with Crippen molar-refractivity contribution in [2.75, 3.05) is 18.0 Å². The summed E-state index contributed by atoms with van der Waals surface area (Å²) in [5.74, 6) is -0.675. The van der Waals surface area contributed by atoms with Crippen LogP contribution in [0.4, 0.5) is 5.69 Å². The smallest absolute Gasteiger partial charge is 0.314 e. The fraction of sp³-hybridized carbons (Fsp3) is 0.533. The molecule has 19 heavy (non-hydrogen) atoms. The van der Waals surface area contributed by atoms with Gasteiger partial charge in [0.25, 0.3) is 0 Å². The molecule has 1 N–H and O–H groups in total. The Balaban J connectivity index is 2.11. The van der Waals surface area contributed by atoms with Gasteiger partial charge in [-0.2, -0.15) is 0 Å². The van der Waals surface area contributed by atoms with Crippen molar-refractivity contribution in [3.63, 3.8) is 0 Å².